The summed E-state index contributed by atoms with van der Waals surface area (Å²) in [6, 6.07) is 12.0. The van der Waals surface area contributed by atoms with Crippen LogP contribution in [0.3, 0.4) is 0 Å². The Bertz CT molecular complexity index is 1250. The van der Waals surface area contributed by atoms with E-state index in [-0.39, 0.29) is 17.4 Å². The topological polar surface area (TPSA) is 88.5 Å². The molecule has 2 atom stereocenters. The molecule has 1 amide bonds. The molecule has 0 radical (unpaired) electrons. The first-order valence-electron chi connectivity index (χ1n) is 13.2. The van der Waals surface area contributed by atoms with Gasteiger partial charge < -0.3 is 24.2 Å². The summed E-state index contributed by atoms with van der Waals surface area (Å²) in [6.07, 6.45) is 3.13. The number of carbonyl (C=O) groups is 2. The zero-order valence-corrected chi connectivity index (χ0v) is 21.7. The van der Waals surface area contributed by atoms with E-state index in [0.29, 0.717) is 49.7 Å². The number of rotatable bonds is 9. The van der Waals surface area contributed by atoms with Gasteiger partial charge in [-0.1, -0.05) is 24.8 Å². The van der Waals surface area contributed by atoms with Crippen molar-refractivity contribution in [1.82, 2.24) is 9.80 Å². The number of morpholine rings is 1. The number of aliphatic hydroxyl groups excluding tert-OH is 1. The van der Waals surface area contributed by atoms with Gasteiger partial charge in [-0.25, -0.2) is 0 Å². The van der Waals surface area contributed by atoms with Crippen molar-refractivity contribution in [3.05, 3.63) is 77.4 Å². The van der Waals surface area contributed by atoms with E-state index in [1.807, 2.05) is 43.3 Å². The molecule has 0 spiro atoms. The van der Waals surface area contributed by atoms with Crippen LogP contribution in [0.2, 0.25) is 0 Å². The number of aliphatic hydroxyl groups is 1. The highest BCUT2D eigenvalue weighted by Crippen LogP contribution is 2.41. The van der Waals surface area contributed by atoms with Crippen molar-refractivity contribution in [3.8, 4) is 11.5 Å². The fraction of sp³-hybridized carbons (Fsp3) is 0.400. The summed E-state index contributed by atoms with van der Waals surface area (Å²) < 4.78 is 17.0. The number of carbonyl (C=O) groups excluding carboxylic acids is 2. The second-order valence-electron chi connectivity index (χ2n) is 9.93. The molecule has 5 rings (SSSR count). The molecule has 0 aliphatic carbocycles. The van der Waals surface area contributed by atoms with Crippen molar-refractivity contribution < 1.29 is 28.9 Å². The minimum atomic E-state index is -0.726. The molecule has 8 heteroatoms. The maximum Gasteiger partial charge on any atom is 0.295 e. The predicted octanol–water partition coefficient (Wildman–Crippen LogP) is 3.72. The highest BCUT2D eigenvalue weighted by atomic mass is 16.5. The van der Waals surface area contributed by atoms with E-state index in [2.05, 4.69) is 11.5 Å². The van der Waals surface area contributed by atoms with Crippen molar-refractivity contribution in [1.29, 1.82) is 0 Å². The minimum Gasteiger partial charge on any atom is -0.507 e. The summed E-state index contributed by atoms with van der Waals surface area (Å²) in [6.45, 7) is 10.3. The Labute approximate surface area is 223 Å². The number of benzene rings is 2. The fourth-order valence-electron chi connectivity index (χ4n) is 5.40. The van der Waals surface area contributed by atoms with Gasteiger partial charge in [0, 0.05) is 38.2 Å². The Balaban J connectivity index is 1.49. The summed E-state index contributed by atoms with van der Waals surface area (Å²) in [5.41, 5.74) is 2.26. The maximum atomic E-state index is 13.4. The van der Waals surface area contributed by atoms with Crippen LogP contribution in [-0.2, 0) is 20.7 Å². The molecule has 1 N–H and O–H groups in total. The third kappa shape index (κ3) is 5.33. The molecule has 2 saturated heterocycles. The van der Waals surface area contributed by atoms with E-state index in [0.717, 1.165) is 37.4 Å². The average molecular weight is 519 g/mol. The van der Waals surface area contributed by atoms with Gasteiger partial charge in [-0.2, -0.15) is 0 Å². The molecule has 0 aromatic heterocycles. The van der Waals surface area contributed by atoms with Crippen molar-refractivity contribution in [2.75, 3.05) is 46.0 Å². The van der Waals surface area contributed by atoms with Crippen LogP contribution in [0.25, 0.3) is 5.76 Å². The largest absolute Gasteiger partial charge is 0.507 e. The van der Waals surface area contributed by atoms with Gasteiger partial charge in [0.1, 0.15) is 30.0 Å². The summed E-state index contributed by atoms with van der Waals surface area (Å²) in [7, 11) is 0. The van der Waals surface area contributed by atoms with Gasteiger partial charge in [-0.3, -0.25) is 14.5 Å². The number of hydrogen-bond donors (Lipinski definition) is 1. The second kappa shape index (κ2) is 11.4. The zero-order valence-electron chi connectivity index (χ0n) is 21.7. The molecule has 2 aromatic carbocycles. The van der Waals surface area contributed by atoms with E-state index < -0.39 is 17.7 Å². The third-order valence-corrected chi connectivity index (χ3v) is 7.23. The van der Waals surface area contributed by atoms with Gasteiger partial charge in [-0.05, 0) is 54.8 Å². The standard InChI is InChI=1S/C30H34N2O6/c1-3-14-37-24-7-4-6-21(19-24)27-26(28(33)22-8-9-25-23(18-22)17-20(2)38-25)29(34)30(35)32(27)11-5-10-31-12-15-36-16-13-31/h3-4,6-9,18-20,27,33H,1,5,10-17H2,2H3/t20-,27+/m1/s1. The van der Waals surface area contributed by atoms with E-state index >= 15 is 0 Å². The first-order valence-corrected chi connectivity index (χ1v) is 13.2. The molecule has 0 unspecified atom stereocenters. The number of likely N-dealkylation sites (tertiary alicyclic amines) is 1. The fourth-order valence-corrected chi connectivity index (χ4v) is 5.40. The quantitative estimate of drug-likeness (QED) is 0.234. The van der Waals surface area contributed by atoms with Crippen LogP contribution in [0.4, 0.5) is 0 Å². The first kappa shape index (κ1) is 26.0. The van der Waals surface area contributed by atoms with Gasteiger partial charge >= 0.3 is 0 Å². The Morgan fingerprint density at radius 2 is 1.97 bits per heavy atom. The number of fused-ring (bicyclic) bond motifs is 1. The number of Topliss-reactive ketones (excluding diaryl/α,β-unsaturated/α-hetero) is 1. The van der Waals surface area contributed by atoms with Gasteiger partial charge in [0.15, 0.2) is 0 Å². The lowest BCUT2D eigenvalue weighted by molar-refractivity contribution is -0.140. The highest BCUT2D eigenvalue weighted by molar-refractivity contribution is 6.46. The van der Waals surface area contributed by atoms with Gasteiger partial charge in [0.2, 0.25) is 0 Å². The normalized spacial score (nSPS) is 22.8. The highest BCUT2D eigenvalue weighted by Gasteiger charge is 2.46. The van der Waals surface area contributed by atoms with E-state index in [1.165, 1.54) is 0 Å². The molecule has 3 aliphatic rings. The van der Waals surface area contributed by atoms with Gasteiger partial charge in [-0.15, -0.1) is 0 Å². The molecule has 200 valence electrons. The Kier molecular flexibility index (Phi) is 7.81. The van der Waals surface area contributed by atoms with Crippen molar-refractivity contribution in [3.63, 3.8) is 0 Å². The number of nitrogens with zero attached hydrogens (tertiary/aromatic N) is 2. The van der Waals surface area contributed by atoms with Crippen LogP contribution >= 0.6 is 0 Å². The summed E-state index contributed by atoms with van der Waals surface area (Å²) >= 11 is 0. The first-order chi connectivity index (χ1) is 18.5. The second-order valence-corrected chi connectivity index (χ2v) is 9.93. The Morgan fingerprint density at radius 1 is 1.16 bits per heavy atom. The lowest BCUT2D eigenvalue weighted by Crippen LogP contribution is -2.38. The molecule has 0 saturated carbocycles. The molecular weight excluding hydrogens is 484 g/mol. The molecule has 38 heavy (non-hydrogen) atoms. The zero-order chi connectivity index (χ0) is 26.6. The SMILES string of the molecule is C=CCOc1cccc([C@H]2C(=C(O)c3ccc4c(c3)C[C@@H](C)O4)C(=O)C(=O)N2CCCN2CCOCC2)c1. The molecule has 2 fully saturated rings. The molecule has 3 heterocycles. The van der Waals surface area contributed by atoms with Crippen molar-refractivity contribution in [2.45, 2.75) is 31.9 Å². The lowest BCUT2D eigenvalue weighted by atomic mass is 9.94. The van der Waals surface area contributed by atoms with Crippen LogP contribution in [0.15, 0.2) is 60.7 Å². The predicted molar refractivity (Wildman–Crippen MR) is 143 cm³/mol. The molecule has 3 aliphatic heterocycles. The van der Waals surface area contributed by atoms with Gasteiger partial charge in [0.25, 0.3) is 11.7 Å². The van der Waals surface area contributed by atoms with E-state index in [4.69, 9.17) is 14.2 Å². The molecule has 2 aromatic rings. The molecule has 8 nitrogen and oxygen atoms in total. The van der Waals surface area contributed by atoms with E-state index in [9.17, 15) is 14.7 Å². The number of hydrogen-bond acceptors (Lipinski definition) is 7. The number of ketones is 1. The Morgan fingerprint density at radius 3 is 2.76 bits per heavy atom. The number of amides is 1. The Hall–Kier alpha value is -3.62. The van der Waals surface area contributed by atoms with Crippen LogP contribution in [-0.4, -0.2) is 78.7 Å². The van der Waals surface area contributed by atoms with E-state index in [1.54, 1.807) is 17.0 Å². The maximum absolute atomic E-state index is 13.4. The van der Waals surface area contributed by atoms with Crippen LogP contribution in [0.1, 0.15) is 36.1 Å². The van der Waals surface area contributed by atoms with Crippen LogP contribution in [0, 0.1) is 0 Å². The van der Waals surface area contributed by atoms with Crippen LogP contribution in [0.5, 0.6) is 11.5 Å². The third-order valence-electron chi connectivity index (χ3n) is 7.23. The minimum absolute atomic E-state index is 0.0535. The monoisotopic (exact) mass is 518 g/mol. The lowest BCUT2D eigenvalue weighted by Gasteiger charge is -2.29. The van der Waals surface area contributed by atoms with Crippen LogP contribution < -0.4 is 9.47 Å². The average Bonchev–Trinajstić information content (AvgIpc) is 3.43. The summed E-state index contributed by atoms with van der Waals surface area (Å²) in [5.74, 6) is -0.0783. The summed E-state index contributed by atoms with van der Waals surface area (Å²) in [4.78, 5) is 30.6. The van der Waals surface area contributed by atoms with Crippen molar-refractivity contribution >= 4 is 17.4 Å². The summed E-state index contributed by atoms with van der Waals surface area (Å²) in [5, 5.41) is 11.5. The van der Waals surface area contributed by atoms with Crippen molar-refractivity contribution in [2.24, 2.45) is 0 Å². The number of ether oxygens (including phenoxy) is 3. The molecule has 0 bridgehead atoms. The van der Waals surface area contributed by atoms with Gasteiger partial charge in [0.05, 0.1) is 24.8 Å². The smallest absolute Gasteiger partial charge is 0.295 e. The molecular formula is C30H34N2O6.